The van der Waals surface area contributed by atoms with Crippen molar-refractivity contribution in [2.24, 2.45) is 0 Å². The highest BCUT2D eigenvalue weighted by Crippen LogP contribution is 2.35. The van der Waals surface area contributed by atoms with Crippen LogP contribution in [0.15, 0.2) is 29.8 Å². The van der Waals surface area contributed by atoms with Crippen LogP contribution < -0.4 is 5.32 Å². The third-order valence-corrected chi connectivity index (χ3v) is 4.56. The predicted molar refractivity (Wildman–Crippen MR) is 104 cm³/mol. The van der Waals surface area contributed by atoms with E-state index < -0.39 is 17.6 Å². The van der Waals surface area contributed by atoms with Crippen molar-refractivity contribution in [2.45, 2.75) is 20.0 Å². The molecule has 0 aliphatic heterocycles. The highest BCUT2D eigenvalue weighted by Gasteiger charge is 2.31. The van der Waals surface area contributed by atoms with Crippen LogP contribution in [0, 0.1) is 25.2 Å². The summed E-state index contributed by atoms with van der Waals surface area (Å²) in [5.41, 5.74) is 0.884. The average molecular weight is 426 g/mol. The zero-order valence-electron chi connectivity index (χ0n) is 16.0. The second-order valence-electron chi connectivity index (χ2n) is 6.24. The second kappa shape index (κ2) is 9.16. The van der Waals surface area contributed by atoms with Crippen molar-refractivity contribution < 1.29 is 22.7 Å². The van der Waals surface area contributed by atoms with Gasteiger partial charge in [0.2, 0.25) is 0 Å². The monoisotopic (exact) mass is 425 g/mol. The number of alkyl halides is 3. The van der Waals surface area contributed by atoms with E-state index >= 15 is 0 Å². The highest BCUT2D eigenvalue weighted by atomic mass is 35.5. The number of hydrogen-bond acceptors (Lipinski definition) is 3. The molecular formula is C20H19ClF3N3O2. The number of nitrogens with one attached hydrogen (secondary N) is 1. The van der Waals surface area contributed by atoms with Crippen LogP contribution in [0.1, 0.15) is 22.5 Å². The largest absolute Gasteiger partial charge is 0.416 e. The number of aryl methyl sites for hydroxylation is 1. The van der Waals surface area contributed by atoms with E-state index in [0.29, 0.717) is 23.6 Å². The van der Waals surface area contributed by atoms with Gasteiger partial charge >= 0.3 is 6.18 Å². The molecule has 1 aromatic carbocycles. The van der Waals surface area contributed by atoms with Crippen LogP contribution in [0.25, 0.3) is 11.8 Å². The predicted octanol–water partition coefficient (Wildman–Crippen LogP) is 4.44. The van der Waals surface area contributed by atoms with Gasteiger partial charge in [-0.05, 0) is 49.8 Å². The number of amides is 1. The first-order valence-corrected chi connectivity index (χ1v) is 8.93. The van der Waals surface area contributed by atoms with Crippen LogP contribution in [-0.2, 0) is 15.7 Å². The summed E-state index contributed by atoms with van der Waals surface area (Å²) >= 11 is 6.16. The lowest BCUT2D eigenvalue weighted by molar-refractivity contribution is -0.137. The third kappa shape index (κ3) is 5.19. The number of nitrogens with zero attached hydrogens (tertiary/aromatic N) is 2. The Morgan fingerprint density at radius 1 is 1.34 bits per heavy atom. The number of aromatic nitrogens is 1. The summed E-state index contributed by atoms with van der Waals surface area (Å²) < 4.78 is 45.7. The summed E-state index contributed by atoms with van der Waals surface area (Å²) in [6.45, 7) is 3.92. The van der Waals surface area contributed by atoms with Crippen LogP contribution in [0.5, 0.6) is 0 Å². The molecule has 154 valence electrons. The van der Waals surface area contributed by atoms with Gasteiger partial charge in [0.05, 0.1) is 22.9 Å². The van der Waals surface area contributed by atoms with Gasteiger partial charge in [-0.1, -0.05) is 11.6 Å². The van der Waals surface area contributed by atoms with Crippen LogP contribution in [0.4, 0.5) is 13.2 Å². The molecule has 0 fully saturated rings. The van der Waals surface area contributed by atoms with Gasteiger partial charge in [0, 0.05) is 25.0 Å². The van der Waals surface area contributed by atoms with Gasteiger partial charge in [0.25, 0.3) is 5.91 Å². The highest BCUT2D eigenvalue weighted by molar-refractivity contribution is 6.32. The molecule has 1 aromatic heterocycles. The summed E-state index contributed by atoms with van der Waals surface area (Å²) in [4.78, 5) is 12.1. The lowest BCUT2D eigenvalue weighted by Gasteiger charge is -2.15. The molecule has 0 aliphatic rings. The number of methoxy groups -OCH3 is 1. The fourth-order valence-corrected chi connectivity index (χ4v) is 3.03. The maximum absolute atomic E-state index is 13.1. The molecule has 0 aliphatic carbocycles. The lowest BCUT2D eigenvalue weighted by atomic mass is 10.1. The molecule has 1 heterocycles. The fraction of sp³-hybridized carbons (Fsp3) is 0.300. The number of carbonyl (C=O) groups is 1. The number of benzene rings is 1. The molecule has 0 saturated carbocycles. The number of ether oxygens (including phenoxy) is 1. The SMILES string of the molecule is COCCNC(=O)C(C#N)=Cc1cc(C)n(-c2cc(C(F)(F)F)ccc2Cl)c1C. The molecule has 1 amide bonds. The van der Waals surface area contributed by atoms with Crippen molar-refractivity contribution in [3.8, 4) is 11.8 Å². The fourth-order valence-electron chi connectivity index (χ4n) is 2.83. The van der Waals surface area contributed by atoms with Crippen molar-refractivity contribution in [3.63, 3.8) is 0 Å². The van der Waals surface area contributed by atoms with Gasteiger partial charge < -0.3 is 14.6 Å². The topological polar surface area (TPSA) is 67.0 Å². The summed E-state index contributed by atoms with van der Waals surface area (Å²) in [5.74, 6) is -0.563. The Morgan fingerprint density at radius 2 is 2.03 bits per heavy atom. The molecule has 29 heavy (non-hydrogen) atoms. The van der Waals surface area contributed by atoms with Crippen molar-refractivity contribution in [2.75, 3.05) is 20.3 Å². The molecule has 0 radical (unpaired) electrons. The Labute approximate surface area is 171 Å². The van der Waals surface area contributed by atoms with Crippen molar-refractivity contribution >= 4 is 23.6 Å². The average Bonchev–Trinajstić information content (AvgIpc) is 2.92. The Bertz CT molecular complexity index is 988. The molecule has 0 atom stereocenters. The quantitative estimate of drug-likeness (QED) is 0.423. The molecule has 1 N–H and O–H groups in total. The van der Waals surface area contributed by atoms with E-state index in [1.165, 1.54) is 19.3 Å². The van der Waals surface area contributed by atoms with Crippen molar-refractivity contribution in [1.29, 1.82) is 5.26 Å². The third-order valence-electron chi connectivity index (χ3n) is 4.24. The summed E-state index contributed by atoms with van der Waals surface area (Å²) in [7, 11) is 1.49. The van der Waals surface area contributed by atoms with E-state index in [2.05, 4.69) is 5.32 Å². The van der Waals surface area contributed by atoms with Gasteiger partial charge in [-0.3, -0.25) is 4.79 Å². The van der Waals surface area contributed by atoms with Gasteiger partial charge in [0.15, 0.2) is 0 Å². The number of carbonyl (C=O) groups excluding carboxylic acids is 1. The summed E-state index contributed by atoms with van der Waals surface area (Å²) in [6, 6.07) is 6.59. The maximum Gasteiger partial charge on any atom is 0.416 e. The number of nitriles is 1. The van der Waals surface area contributed by atoms with Crippen LogP contribution in [0.3, 0.4) is 0 Å². The maximum atomic E-state index is 13.1. The molecule has 9 heteroatoms. The van der Waals surface area contributed by atoms with Crippen LogP contribution in [0.2, 0.25) is 5.02 Å². The molecule has 2 rings (SSSR count). The molecule has 0 unspecified atom stereocenters. The molecular weight excluding hydrogens is 407 g/mol. The lowest BCUT2D eigenvalue weighted by Crippen LogP contribution is -2.27. The Morgan fingerprint density at radius 3 is 2.62 bits per heavy atom. The van der Waals surface area contributed by atoms with E-state index in [0.717, 1.165) is 12.1 Å². The van der Waals surface area contributed by atoms with Gasteiger partial charge in [-0.25, -0.2) is 0 Å². The normalized spacial score (nSPS) is 12.0. The van der Waals surface area contributed by atoms with Crippen LogP contribution >= 0.6 is 11.6 Å². The van der Waals surface area contributed by atoms with Crippen molar-refractivity contribution in [3.05, 3.63) is 57.4 Å². The molecule has 2 aromatic rings. The van der Waals surface area contributed by atoms with Crippen molar-refractivity contribution in [1.82, 2.24) is 9.88 Å². The smallest absolute Gasteiger partial charge is 0.383 e. The minimum absolute atomic E-state index is 0.128. The first-order chi connectivity index (χ1) is 13.6. The standard InChI is InChI=1S/C20H19ClF3N3O2/c1-12-8-14(9-15(11-25)19(28)26-6-7-29-3)13(2)27(12)18-10-16(20(22,23)24)4-5-17(18)21/h4-5,8-10H,6-7H2,1-3H3,(H,26,28). The number of halogens is 4. The Balaban J connectivity index is 2.48. The van der Waals surface area contributed by atoms with E-state index in [-0.39, 0.29) is 22.8 Å². The number of rotatable bonds is 6. The first kappa shape index (κ1) is 22.5. The zero-order chi connectivity index (χ0) is 21.8. The van der Waals surface area contributed by atoms with Gasteiger partial charge in [-0.2, -0.15) is 18.4 Å². The molecule has 0 saturated heterocycles. The molecule has 0 spiro atoms. The molecule has 5 nitrogen and oxygen atoms in total. The minimum Gasteiger partial charge on any atom is -0.383 e. The van der Waals surface area contributed by atoms with Crippen LogP contribution in [-0.4, -0.2) is 30.7 Å². The van der Waals surface area contributed by atoms with E-state index in [1.54, 1.807) is 24.5 Å². The summed E-state index contributed by atoms with van der Waals surface area (Å²) in [5, 5.41) is 12.0. The Kier molecular flexibility index (Phi) is 7.11. The first-order valence-electron chi connectivity index (χ1n) is 8.55. The van der Waals surface area contributed by atoms with Gasteiger partial charge in [-0.15, -0.1) is 0 Å². The minimum atomic E-state index is -4.51. The zero-order valence-corrected chi connectivity index (χ0v) is 16.8. The molecule has 0 bridgehead atoms. The van der Waals surface area contributed by atoms with Gasteiger partial charge in [0.1, 0.15) is 11.6 Å². The summed E-state index contributed by atoms with van der Waals surface area (Å²) in [6.07, 6.45) is -3.12. The Hall–Kier alpha value is -2.76. The van der Waals surface area contributed by atoms with E-state index in [9.17, 15) is 23.2 Å². The van der Waals surface area contributed by atoms with E-state index in [4.69, 9.17) is 16.3 Å². The van der Waals surface area contributed by atoms with E-state index in [1.807, 2.05) is 6.07 Å². The second-order valence-corrected chi connectivity index (χ2v) is 6.65. The number of hydrogen-bond donors (Lipinski definition) is 1.